The van der Waals surface area contributed by atoms with E-state index in [2.05, 4.69) is 10.3 Å². The Morgan fingerprint density at radius 1 is 1.24 bits per heavy atom. The Labute approximate surface area is 152 Å². The van der Waals surface area contributed by atoms with Gasteiger partial charge in [0.2, 0.25) is 15.9 Å². The number of carbonyl (C=O) groups excluding carboxylic acids is 1. The SMILES string of the molecule is CN(C)c1ccc(NC(=O)CN(C)S(=O)(=O)c2cccnc2)cc1Cl. The second-order valence-corrected chi connectivity index (χ2v) is 8.01. The molecule has 1 aromatic carbocycles. The predicted octanol–water partition coefficient (Wildman–Crippen LogP) is 2.06. The number of pyridine rings is 1. The summed E-state index contributed by atoms with van der Waals surface area (Å²) in [6.07, 6.45) is 2.72. The fraction of sp³-hybridized carbons (Fsp3) is 0.250. The molecular formula is C16H19ClN4O3S. The molecule has 1 amide bonds. The number of likely N-dealkylation sites (N-methyl/N-ethyl adjacent to an activating group) is 1. The molecule has 9 heteroatoms. The lowest BCUT2D eigenvalue weighted by Crippen LogP contribution is -2.35. The van der Waals surface area contributed by atoms with Gasteiger partial charge in [-0.3, -0.25) is 9.78 Å². The van der Waals surface area contributed by atoms with Gasteiger partial charge in [0.25, 0.3) is 0 Å². The quantitative estimate of drug-likeness (QED) is 0.826. The standard InChI is InChI=1S/C16H19ClN4O3S/c1-20(2)15-7-6-12(9-14(15)17)19-16(22)11-21(3)25(23,24)13-5-4-8-18-10-13/h4-10H,11H2,1-3H3,(H,19,22). The topological polar surface area (TPSA) is 82.6 Å². The van der Waals surface area contributed by atoms with Crippen molar-refractivity contribution >= 4 is 38.9 Å². The third-order valence-electron chi connectivity index (χ3n) is 3.42. The maximum absolute atomic E-state index is 12.4. The molecule has 0 spiro atoms. The Hall–Kier alpha value is -2.16. The lowest BCUT2D eigenvalue weighted by atomic mass is 10.2. The molecule has 7 nitrogen and oxygen atoms in total. The van der Waals surface area contributed by atoms with Crippen LogP contribution in [0.3, 0.4) is 0 Å². The molecule has 25 heavy (non-hydrogen) atoms. The Kier molecular flexibility index (Phi) is 5.99. The van der Waals surface area contributed by atoms with Gasteiger partial charge in [0.05, 0.1) is 17.3 Å². The molecule has 1 heterocycles. The van der Waals surface area contributed by atoms with Crippen LogP contribution in [0.15, 0.2) is 47.6 Å². The molecule has 134 valence electrons. The second-order valence-electron chi connectivity index (χ2n) is 5.56. The zero-order valence-electron chi connectivity index (χ0n) is 14.1. The number of hydrogen-bond acceptors (Lipinski definition) is 5. The van der Waals surface area contributed by atoms with Crippen molar-refractivity contribution in [2.45, 2.75) is 4.90 Å². The minimum atomic E-state index is -3.78. The first-order valence-corrected chi connectivity index (χ1v) is 9.16. The van der Waals surface area contributed by atoms with Gasteiger partial charge in [-0.1, -0.05) is 11.6 Å². The number of hydrogen-bond donors (Lipinski definition) is 1. The minimum absolute atomic E-state index is 0.0312. The average molecular weight is 383 g/mol. The molecule has 0 fully saturated rings. The highest BCUT2D eigenvalue weighted by Crippen LogP contribution is 2.27. The number of benzene rings is 1. The van der Waals surface area contributed by atoms with Gasteiger partial charge in [-0.15, -0.1) is 0 Å². The molecule has 0 radical (unpaired) electrons. The third-order valence-corrected chi connectivity index (χ3v) is 5.51. The van der Waals surface area contributed by atoms with Crippen LogP contribution < -0.4 is 10.2 Å². The summed E-state index contributed by atoms with van der Waals surface area (Å²) in [7, 11) is 1.28. The summed E-state index contributed by atoms with van der Waals surface area (Å²) in [6.45, 7) is -0.329. The molecule has 2 rings (SSSR count). The summed E-state index contributed by atoms with van der Waals surface area (Å²) in [5, 5.41) is 3.13. The number of amides is 1. The van der Waals surface area contributed by atoms with E-state index in [-0.39, 0.29) is 11.4 Å². The van der Waals surface area contributed by atoms with Crippen molar-refractivity contribution in [3.8, 4) is 0 Å². The number of aromatic nitrogens is 1. The number of halogens is 1. The van der Waals surface area contributed by atoms with E-state index in [0.717, 1.165) is 9.99 Å². The molecule has 0 bridgehead atoms. The largest absolute Gasteiger partial charge is 0.376 e. The molecule has 0 saturated heterocycles. The third kappa shape index (κ3) is 4.68. The molecule has 1 N–H and O–H groups in total. The van der Waals surface area contributed by atoms with Crippen molar-refractivity contribution in [2.75, 3.05) is 37.9 Å². The summed E-state index contributed by atoms with van der Waals surface area (Å²) < 4.78 is 25.7. The van der Waals surface area contributed by atoms with Gasteiger partial charge < -0.3 is 10.2 Å². The van der Waals surface area contributed by atoms with Crippen molar-refractivity contribution in [1.29, 1.82) is 0 Å². The summed E-state index contributed by atoms with van der Waals surface area (Å²) >= 11 is 6.16. The lowest BCUT2D eigenvalue weighted by Gasteiger charge is -2.18. The number of rotatable bonds is 6. The van der Waals surface area contributed by atoms with Crippen LogP contribution in [-0.2, 0) is 14.8 Å². The van der Waals surface area contributed by atoms with Crippen molar-refractivity contribution in [2.24, 2.45) is 0 Å². The van der Waals surface area contributed by atoms with E-state index in [1.165, 1.54) is 31.6 Å². The van der Waals surface area contributed by atoms with Gasteiger partial charge in [0, 0.05) is 39.2 Å². The van der Waals surface area contributed by atoms with E-state index in [0.29, 0.717) is 10.7 Å². The van der Waals surface area contributed by atoms with Crippen LogP contribution in [0.4, 0.5) is 11.4 Å². The fourth-order valence-electron chi connectivity index (χ4n) is 2.11. The van der Waals surface area contributed by atoms with Gasteiger partial charge >= 0.3 is 0 Å². The van der Waals surface area contributed by atoms with E-state index < -0.39 is 15.9 Å². The lowest BCUT2D eigenvalue weighted by molar-refractivity contribution is -0.116. The Bertz CT molecular complexity index is 857. The molecular weight excluding hydrogens is 364 g/mol. The highest BCUT2D eigenvalue weighted by atomic mass is 35.5. The summed E-state index contributed by atoms with van der Waals surface area (Å²) in [5.74, 6) is -0.469. The molecule has 0 atom stereocenters. The van der Waals surface area contributed by atoms with Crippen molar-refractivity contribution in [3.05, 3.63) is 47.7 Å². The number of sulfonamides is 1. The van der Waals surface area contributed by atoms with E-state index in [4.69, 9.17) is 11.6 Å². The highest BCUT2D eigenvalue weighted by Gasteiger charge is 2.23. The van der Waals surface area contributed by atoms with Crippen LogP contribution in [0.1, 0.15) is 0 Å². The predicted molar refractivity (Wildman–Crippen MR) is 98.5 cm³/mol. The van der Waals surface area contributed by atoms with Crippen molar-refractivity contribution < 1.29 is 13.2 Å². The summed E-state index contributed by atoms with van der Waals surface area (Å²) in [6, 6.07) is 8.04. The van der Waals surface area contributed by atoms with Crippen LogP contribution in [0.25, 0.3) is 0 Å². The molecule has 0 aliphatic heterocycles. The van der Waals surface area contributed by atoms with E-state index in [1.54, 1.807) is 18.2 Å². The normalized spacial score (nSPS) is 11.4. The summed E-state index contributed by atoms with van der Waals surface area (Å²) in [5.41, 5.74) is 1.31. The molecule has 0 unspecified atom stereocenters. The van der Waals surface area contributed by atoms with Crippen LogP contribution in [-0.4, -0.2) is 51.3 Å². The number of anilines is 2. The maximum Gasteiger partial charge on any atom is 0.244 e. The van der Waals surface area contributed by atoms with Crippen molar-refractivity contribution in [1.82, 2.24) is 9.29 Å². The Balaban J connectivity index is 2.06. The first-order valence-electron chi connectivity index (χ1n) is 7.35. The van der Waals surface area contributed by atoms with Crippen LogP contribution in [0.5, 0.6) is 0 Å². The van der Waals surface area contributed by atoms with Gasteiger partial charge in [-0.05, 0) is 30.3 Å². The fourth-order valence-corrected chi connectivity index (χ4v) is 3.56. The molecule has 0 aliphatic rings. The van der Waals surface area contributed by atoms with Crippen LogP contribution in [0, 0.1) is 0 Å². The first kappa shape index (κ1) is 19.2. The molecule has 1 aromatic heterocycles. The Morgan fingerprint density at radius 2 is 1.96 bits per heavy atom. The number of nitrogens with one attached hydrogen (secondary N) is 1. The molecule has 0 saturated carbocycles. The zero-order valence-corrected chi connectivity index (χ0v) is 15.7. The number of carbonyl (C=O) groups is 1. The van der Waals surface area contributed by atoms with Crippen LogP contribution >= 0.6 is 11.6 Å². The van der Waals surface area contributed by atoms with E-state index in [1.807, 2.05) is 19.0 Å². The first-order chi connectivity index (χ1) is 11.7. The monoisotopic (exact) mass is 382 g/mol. The number of nitrogens with zero attached hydrogens (tertiary/aromatic N) is 3. The highest BCUT2D eigenvalue weighted by molar-refractivity contribution is 7.89. The molecule has 2 aromatic rings. The zero-order chi connectivity index (χ0) is 18.6. The second kappa shape index (κ2) is 7.81. The van der Waals surface area contributed by atoms with Crippen LogP contribution in [0.2, 0.25) is 5.02 Å². The van der Waals surface area contributed by atoms with Gasteiger partial charge in [-0.25, -0.2) is 8.42 Å². The maximum atomic E-state index is 12.4. The minimum Gasteiger partial charge on any atom is -0.376 e. The smallest absolute Gasteiger partial charge is 0.244 e. The van der Waals surface area contributed by atoms with Crippen molar-refractivity contribution in [3.63, 3.8) is 0 Å². The van der Waals surface area contributed by atoms with Gasteiger partial charge in [0.1, 0.15) is 4.90 Å². The van der Waals surface area contributed by atoms with Gasteiger partial charge in [-0.2, -0.15) is 4.31 Å². The van der Waals surface area contributed by atoms with E-state index >= 15 is 0 Å². The van der Waals surface area contributed by atoms with Gasteiger partial charge in [0.15, 0.2) is 0 Å². The summed E-state index contributed by atoms with van der Waals surface area (Å²) in [4.78, 5) is 17.8. The Morgan fingerprint density at radius 3 is 2.52 bits per heavy atom. The van der Waals surface area contributed by atoms with E-state index in [9.17, 15) is 13.2 Å². The molecule has 0 aliphatic carbocycles. The average Bonchev–Trinajstić information content (AvgIpc) is 2.55.